The number of hydrogen-bond acceptors (Lipinski definition) is 7. The van der Waals surface area contributed by atoms with Crippen molar-refractivity contribution >= 4 is 37.9 Å². The largest absolute Gasteiger partial charge is 0.375 e. The average molecular weight is 328 g/mol. The van der Waals surface area contributed by atoms with Crippen LogP contribution in [0, 0.1) is 24.0 Å². The summed E-state index contributed by atoms with van der Waals surface area (Å²) >= 11 is 0.862. The normalized spacial score (nSPS) is 11.3. The number of rotatable bonds is 4. The molecule has 0 saturated carbocycles. The molecule has 8 nitrogen and oxygen atoms in total. The second-order valence-electron chi connectivity index (χ2n) is 4.29. The van der Waals surface area contributed by atoms with E-state index in [0.29, 0.717) is 11.3 Å². The van der Waals surface area contributed by atoms with Gasteiger partial charge in [0, 0.05) is 12.1 Å². The lowest BCUT2D eigenvalue weighted by molar-refractivity contribution is -0.384. The Balaban J connectivity index is 2.37. The van der Waals surface area contributed by atoms with Crippen molar-refractivity contribution in [1.29, 1.82) is 0 Å². The third kappa shape index (κ3) is 3.11. The summed E-state index contributed by atoms with van der Waals surface area (Å²) in [5.41, 5.74) is 6.42. The van der Waals surface area contributed by atoms with E-state index < -0.39 is 14.9 Å². The Morgan fingerprint density at radius 3 is 2.52 bits per heavy atom. The predicted molar refractivity (Wildman–Crippen MR) is 79.9 cm³/mol. The Labute approximate surface area is 124 Å². The maximum atomic E-state index is 12.3. The van der Waals surface area contributed by atoms with Crippen molar-refractivity contribution in [2.24, 2.45) is 0 Å². The van der Waals surface area contributed by atoms with Gasteiger partial charge in [-0.1, -0.05) is 11.3 Å². The van der Waals surface area contributed by atoms with Gasteiger partial charge in [0.2, 0.25) is 0 Å². The van der Waals surface area contributed by atoms with Crippen molar-refractivity contribution in [2.45, 2.75) is 18.1 Å². The number of thiazole rings is 1. The molecule has 0 fully saturated rings. The molecule has 0 unspecified atom stereocenters. The number of nitro groups is 1. The number of sulfonamides is 1. The summed E-state index contributed by atoms with van der Waals surface area (Å²) < 4.78 is 27.0. The molecule has 10 heteroatoms. The number of nitrogen functional groups attached to an aromatic ring is 1. The molecule has 0 amide bonds. The van der Waals surface area contributed by atoms with E-state index in [1.165, 1.54) is 18.2 Å². The molecule has 0 bridgehead atoms. The average Bonchev–Trinajstić information content (AvgIpc) is 2.71. The van der Waals surface area contributed by atoms with Crippen LogP contribution in [0.3, 0.4) is 0 Å². The number of nitrogens with zero attached hydrogens (tertiary/aromatic N) is 2. The highest BCUT2D eigenvalue weighted by molar-refractivity contribution is 7.94. The number of nitrogens with one attached hydrogen (secondary N) is 1. The van der Waals surface area contributed by atoms with Gasteiger partial charge < -0.3 is 5.73 Å². The number of hydrogen-bond donors (Lipinski definition) is 2. The van der Waals surface area contributed by atoms with Gasteiger partial charge in [0.05, 0.1) is 16.3 Å². The van der Waals surface area contributed by atoms with Gasteiger partial charge in [-0.15, -0.1) is 0 Å². The van der Waals surface area contributed by atoms with Gasteiger partial charge in [0.25, 0.3) is 15.7 Å². The minimum absolute atomic E-state index is 0.0257. The monoisotopic (exact) mass is 328 g/mol. The molecule has 0 spiro atoms. The summed E-state index contributed by atoms with van der Waals surface area (Å²) in [6.07, 6.45) is 0. The van der Waals surface area contributed by atoms with Crippen LogP contribution in [0.2, 0.25) is 0 Å². The predicted octanol–water partition coefficient (Wildman–Crippen LogP) is 2.05. The molecule has 1 heterocycles. The summed E-state index contributed by atoms with van der Waals surface area (Å²) in [6.45, 7) is 3.13. The molecule has 21 heavy (non-hydrogen) atoms. The lowest BCUT2D eigenvalue weighted by Crippen LogP contribution is -2.13. The van der Waals surface area contributed by atoms with Crippen LogP contribution in [-0.4, -0.2) is 18.3 Å². The molecular weight excluding hydrogens is 316 g/mol. The van der Waals surface area contributed by atoms with Crippen LogP contribution in [0.25, 0.3) is 0 Å². The van der Waals surface area contributed by atoms with Crippen molar-refractivity contribution in [3.8, 4) is 0 Å². The van der Waals surface area contributed by atoms with Gasteiger partial charge in [0.15, 0.2) is 9.34 Å². The Hall–Kier alpha value is -2.20. The maximum Gasteiger partial charge on any atom is 0.273 e. The van der Waals surface area contributed by atoms with Crippen molar-refractivity contribution in [2.75, 3.05) is 10.5 Å². The molecule has 2 rings (SSSR count). The number of aromatic nitrogens is 1. The van der Waals surface area contributed by atoms with E-state index in [0.717, 1.165) is 11.3 Å². The summed E-state index contributed by atoms with van der Waals surface area (Å²) in [5.74, 6) is 0. The van der Waals surface area contributed by atoms with Crippen molar-refractivity contribution < 1.29 is 13.3 Å². The van der Waals surface area contributed by atoms with Gasteiger partial charge in [0.1, 0.15) is 0 Å². The lowest BCUT2D eigenvalue weighted by Gasteiger charge is -2.09. The zero-order valence-electron chi connectivity index (χ0n) is 11.2. The van der Waals surface area contributed by atoms with Gasteiger partial charge in [-0.2, -0.15) is 0 Å². The van der Waals surface area contributed by atoms with E-state index in [2.05, 4.69) is 9.71 Å². The number of non-ortho nitro benzene ring substituents is 1. The highest BCUT2D eigenvalue weighted by Crippen LogP contribution is 2.29. The van der Waals surface area contributed by atoms with Crippen LogP contribution in [0.5, 0.6) is 0 Å². The molecule has 0 aliphatic carbocycles. The first-order chi connectivity index (χ1) is 9.70. The molecule has 1 aromatic carbocycles. The fourth-order valence-electron chi connectivity index (χ4n) is 1.72. The molecule has 1 aromatic heterocycles. The Bertz CT molecular complexity index is 814. The van der Waals surface area contributed by atoms with Crippen LogP contribution >= 0.6 is 11.3 Å². The molecule has 0 saturated heterocycles. The van der Waals surface area contributed by atoms with Crippen LogP contribution in [-0.2, 0) is 10.0 Å². The maximum absolute atomic E-state index is 12.3. The highest BCUT2D eigenvalue weighted by atomic mass is 32.2. The molecule has 0 aliphatic heterocycles. The van der Waals surface area contributed by atoms with E-state index in [4.69, 9.17) is 5.73 Å². The number of aryl methyl sites for hydroxylation is 2. The first-order valence-corrected chi connectivity index (χ1v) is 8.01. The SMILES string of the molecule is Cc1cc([N+](=O)[O-])ccc1NS(=O)(=O)c1sc(N)nc1C. The second-order valence-corrected chi connectivity index (χ2v) is 7.20. The standard InChI is InChI=1S/C11H12N4O4S2/c1-6-5-8(15(16)17)3-4-9(6)14-21(18,19)10-7(2)13-11(12)20-10/h3-5,14H,1-2H3,(H2,12,13). The summed E-state index contributed by atoms with van der Waals surface area (Å²) in [6, 6.07) is 3.88. The van der Waals surface area contributed by atoms with E-state index >= 15 is 0 Å². The van der Waals surface area contributed by atoms with E-state index in [-0.39, 0.29) is 20.7 Å². The van der Waals surface area contributed by atoms with Crippen molar-refractivity contribution in [3.63, 3.8) is 0 Å². The van der Waals surface area contributed by atoms with E-state index in [9.17, 15) is 18.5 Å². The number of benzene rings is 1. The van der Waals surface area contributed by atoms with Gasteiger partial charge in [-0.05, 0) is 25.5 Å². The van der Waals surface area contributed by atoms with Crippen LogP contribution in [0.1, 0.15) is 11.3 Å². The van der Waals surface area contributed by atoms with Crippen LogP contribution in [0.15, 0.2) is 22.4 Å². The van der Waals surface area contributed by atoms with Crippen LogP contribution < -0.4 is 10.5 Å². The molecular formula is C11H12N4O4S2. The molecule has 0 radical (unpaired) electrons. The fourth-order valence-corrected chi connectivity index (χ4v) is 4.15. The molecule has 3 N–H and O–H groups in total. The first kappa shape index (κ1) is 15.2. The Kier molecular flexibility index (Phi) is 3.83. The Morgan fingerprint density at radius 2 is 2.05 bits per heavy atom. The van der Waals surface area contributed by atoms with Gasteiger partial charge >= 0.3 is 0 Å². The lowest BCUT2D eigenvalue weighted by atomic mass is 10.2. The highest BCUT2D eigenvalue weighted by Gasteiger charge is 2.22. The van der Waals surface area contributed by atoms with Crippen molar-refractivity contribution in [1.82, 2.24) is 4.98 Å². The van der Waals surface area contributed by atoms with Crippen LogP contribution in [0.4, 0.5) is 16.5 Å². The summed E-state index contributed by atoms with van der Waals surface area (Å²) in [5, 5.41) is 10.8. The molecule has 0 aliphatic rings. The Morgan fingerprint density at radius 1 is 1.38 bits per heavy atom. The fraction of sp³-hybridized carbons (Fsp3) is 0.182. The minimum atomic E-state index is -3.82. The number of nitro benzene ring substituents is 1. The topological polar surface area (TPSA) is 128 Å². The molecule has 0 atom stereocenters. The van der Waals surface area contributed by atoms with Crippen molar-refractivity contribution in [3.05, 3.63) is 39.6 Å². The number of anilines is 2. The zero-order valence-corrected chi connectivity index (χ0v) is 12.8. The molecule has 2 aromatic rings. The third-order valence-electron chi connectivity index (χ3n) is 2.68. The van der Waals surface area contributed by atoms with Gasteiger partial charge in [-0.25, -0.2) is 13.4 Å². The minimum Gasteiger partial charge on any atom is -0.375 e. The summed E-state index contributed by atoms with van der Waals surface area (Å²) in [7, 11) is -3.82. The molecule has 112 valence electrons. The quantitative estimate of drug-likeness (QED) is 0.653. The first-order valence-electron chi connectivity index (χ1n) is 5.71. The van der Waals surface area contributed by atoms with Gasteiger partial charge in [-0.3, -0.25) is 14.8 Å². The summed E-state index contributed by atoms with van der Waals surface area (Å²) in [4.78, 5) is 14.0. The zero-order chi connectivity index (χ0) is 15.8. The third-order valence-corrected chi connectivity index (χ3v) is 5.64. The smallest absolute Gasteiger partial charge is 0.273 e. The second kappa shape index (κ2) is 5.30. The number of nitrogens with two attached hydrogens (primary N) is 1. The van der Waals surface area contributed by atoms with E-state index in [1.807, 2.05) is 0 Å². The van der Waals surface area contributed by atoms with E-state index in [1.54, 1.807) is 13.8 Å².